The Bertz CT molecular complexity index is 359. The number of rotatable bonds is 6. The smallest absolute Gasteiger partial charge is 0.170 e. The van der Waals surface area contributed by atoms with Gasteiger partial charge in [-0.15, -0.1) is 0 Å². The van der Waals surface area contributed by atoms with Crippen molar-refractivity contribution in [1.29, 1.82) is 0 Å². The lowest BCUT2D eigenvalue weighted by Gasteiger charge is -2.10. The van der Waals surface area contributed by atoms with Gasteiger partial charge in [-0.25, -0.2) is 0 Å². The minimum absolute atomic E-state index is 0.143. The zero-order chi connectivity index (χ0) is 12.7. The molecule has 0 radical (unpaired) electrons. The van der Waals surface area contributed by atoms with Gasteiger partial charge in [0.25, 0.3) is 0 Å². The lowest BCUT2D eigenvalue weighted by Crippen LogP contribution is -2.20. The topological polar surface area (TPSA) is 70.6 Å². The van der Waals surface area contributed by atoms with Gasteiger partial charge in [0.2, 0.25) is 0 Å². The summed E-state index contributed by atoms with van der Waals surface area (Å²) in [4.78, 5) is 0. The Balaban J connectivity index is 2.46. The summed E-state index contributed by atoms with van der Waals surface area (Å²) >= 11 is 0. The predicted octanol–water partition coefficient (Wildman–Crippen LogP) is 1.92. The molecule has 0 aromatic heterocycles. The Morgan fingerprint density at radius 2 is 2.06 bits per heavy atom. The van der Waals surface area contributed by atoms with Gasteiger partial charge in [0.05, 0.1) is 0 Å². The SMILES string of the molecule is CCC(C)CNCc1ccc(C(N)=NO)cc1. The largest absolute Gasteiger partial charge is 0.409 e. The van der Waals surface area contributed by atoms with Crippen molar-refractivity contribution in [3.05, 3.63) is 35.4 Å². The molecule has 0 amide bonds. The van der Waals surface area contributed by atoms with Crippen LogP contribution in [0.2, 0.25) is 0 Å². The minimum Gasteiger partial charge on any atom is -0.409 e. The zero-order valence-corrected chi connectivity index (χ0v) is 10.5. The highest BCUT2D eigenvalue weighted by Gasteiger charge is 2.00. The van der Waals surface area contributed by atoms with Crippen molar-refractivity contribution in [1.82, 2.24) is 5.32 Å². The molecule has 4 heteroatoms. The summed E-state index contributed by atoms with van der Waals surface area (Å²) in [5, 5.41) is 14.9. The Kier molecular flexibility index (Phi) is 5.49. The van der Waals surface area contributed by atoms with E-state index in [1.54, 1.807) is 0 Å². The molecule has 1 aromatic carbocycles. The van der Waals surface area contributed by atoms with Crippen molar-refractivity contribution in [2.24, 2.45) is 16.8 Å². The number of nitrogens with zero attached hydrogens (tertiary/aromatic N) is 1. The van der Waals surface area contributed by atoms with Gasteiger partial charge in [0, 0.05) is 12.1 Å². The van der Waals surface area contributed by atoms with Gasteiger partial charge in [-0.05, 0) is 18.0 Å². The van der Waals surface area contributed by atoms with Gasteiger partial charge >= 0.3 is 0 Å². The molecule has 0 bridgehead atoms. The third-order valence-electron chi connectivity index (χ3n) is 2.88. The van der Waals surface area contributed by atoms with E-state index >= 15 is 0 Å². The summed E-state index contributed by atoms with van der Waals surface area (Å²) in [5.41, 5.74) is 7.42. The average molecular weight is 235 g/mol. The molecule has 0 aliphatic rings. The van der Waals surface area contributed by atoms with Crippen molar-refractivity contribution in [3.63, 3.8) is 0 Å². The third-order valence-corrected chi connectivity index (χ3v) is 2.88. The first kappa shape index (κ1) is 13.5. The molecule has 17 heavy (non-hydrogen) atoms. The minimum atomic E-state index is 0.143. The highest BCUT2D eigenvalue weighted by molar-refractivity contribution is 5.96. The number of nitrogens with one attached hydrogen (secondary N) is 1. The van der Waals surface area contributed by atoms with Crippen LogP contribution >= 0.6 is 0 Å². The molecule has 0 spiro atoms. The standard InChI is InChI=1S/C13H21N3O/c1-3-10(2)8-15-9-11-4-6-12(7-5-11)13(14)16-17/h4-7,10,15,17H,3,8-9H2,1-2H3,(H2,14,16). The second kappa shape index (κ2) is 6.91. The van der Waals surface area contributed by atoms with Crippen LogP contribution in [0.3, 0.4) is 0 Å². The molecule has 1 aromatic rings. The van der Waals surface area contributed by atoms with E-state index in [1.807, 2.05) is 24.3 Å². The number of amidine groups is 1. The Morgan fingerprint density at radius 1 is 1.41 bits per heavy atom. The fraction of sp³-hybridized carbons (Fsp3) is 0.462. The molecule has 0 fully saturated rings. The normalized spacial score (nSPS) is 13.6. The second-order valence-corrected chi connectivity index (χ2v) is 4.33. The molecule has 0 aliphatic carbocycles. The first-order chi connectivity index (χ1) is 8.17. The van der Waals surface area contributed by atoms with Gasteiger partial charge in [0.15, 0.2) is 5.84 Å². The number of oxime groups is 1. The van der Waals surface area contributed by atoms with Gasteiger partial charge in [0.1, 0.15) is 0 Å². The monoisotopic (exact) mass is 235 g/mol. The van der Waals surface area contributed by atoms with E-state index in [-0.39, 0.29) is 5.84 Å². The fourth-order valence-corrected chi connectivity index (χ4v) is 1.46. The van der Waals surface area contributed by atoms with Crippen LogP contribution in [-0.2, 0) is 6.54 Å². The molecular weight excluding hydrogens is 214 g/mol. The summed E-state index contributed by atoms with van der Waals surface area (Å²) in [6.07, 6.45) is 1.19. The molecule has 94 valence electrons. The number of hydrogen-bond acceptors (Lipinski definition) is 3. The number of nitrogens with two attached hydrogens (primary N) is 1. The summed E-state index contributed by atoms with van der Waals surface area (Å²) in [6.45, 7) is 6.30. The molecule has 1 atom stereocenters. The molecule has 1 rings (SSSR count). The van der Waals surface area contributed by atoms with Crippen molar-refractivity contribution in [3.8, 4) is 0 Å². The fourth-order valence-electron chi connectivity index (χ4n) is 1.46. The van der Waals surface area contributed by atoms with Crippen LogP contribution in [0.5, 0.6) is 0 Å². The first-order valence-corrected chi connectivity index (χ1v) is 5.95. The van der Waals surface area contributed by atoms with Crippen LogP contribution in [-0.4, -0.2) is 17.6 Å². The lowest BCUT2D eigenvalue weighted by atomic mass is 10.1. The van der Waals surface area contributed by atoms with E-state index < -0.39 is 0 Å². The van der Waals surface area contributed by atoms with E-state index in [0.717, 1.165) is 18.7 Å². The van der Waals surface area contributed by atoms with Crippen LogP contribution in [0.1, 0.15) is 31.4 Å². The van der Waals surface area contributed by atoms with Gasteiger partial charge in [-0.2, -0.15) is 0 Å². The molecule has 0 aliphatic heterocycles. The highest BCUT2D eigenvalue weighted by Crippen LogP contribution is 2.05. The van der Waals surface area contributed by atoms with E-state index in [9.17, 15) is 0 Å². The molecule has 0 heterocycles. The molecular formula is C13H21N3O. The summed E-state index contributed by atoms with van der Waals surface area (Å²) in [6, 6.07) is 7.68. The van der Waals surface area contributed by atoms with Crippen LogP contribution in [0.25, 0.3) is 0 Å². The molecule has 4 N–H and O–H groups in total. The van der Waals surface area contributed by atoms with Crippen molar-refractivity contribution < 1.29 is 5.21 Å². The van der Waals surface area contributed by atoms with Crippen molar-refractivity contribution in [2.45, 2.75) is 26.8 Å². The highest BCUT2D eigenvalue weighted by atomic mass is 16.4. The van der Waals surface area contributed by atoms with Crippen LogP contribution in [0, 0.1) is 5.92 Å². The van der Waals surface area contributed by atoms with E-state index in [1.165, 1.54) is 12.0 Å². The average Bonchev–Trinajstić information content (AvgIpc) is 2.38. The Labute approximate surface area is 103 Å². The zero-order valence-electron chi connectivity index (χ0n) is 10.5. The van der Waals surface area contributed by atoms with Crippen LogP contribution in [0.15, 0.2) is 29.4 Å². The molecule has 0 saturated carbocycles. The summed E-state index contributed by atoms with van der Waals surface area (Å²) in [7, 11) is 0. The predicted molar refractivity (Wildman–Crippen MR) is 70.1 cm³/mol. The van der Waals surface area contributed by atoms with Crippen LogP contribution in [0.4, 0.5) is 0 Å². The quantitative estimate of drug-likeness (QED) is 0.305. The van der Waals surface area contributed by atoms with Gasteiger partial charge < -0.3 is 16.3 Å². The van der Waals surface area contributed by atoms with Gasteiger partial charge in [-0.1, -0.05) is 49.7 Å². The maximum absolute atomic E-state index is 8.54. The van der Waals surface area contributed by atoms with E-state index in [2.05, 4.69) is 24.3 Å². The number of hydrogen-bond donors (Lipinski definition) is 3. The molecule has 1 unspecified atom stereocenters. The van der Waals surface area contributed by atoms with Gasteiger partial charge in [-0.3, -0.25) is 0 Å². The first-order valence-electron chi connectivity index (χ1n) is 5.95. The van der Waals surface area contributed by atoms with Crippen molar-refractivity contribution >= 4 is 5.84 Å². The molecule has 0 saturated heterocycles. The Morgan fingerprint density at radius 3 is 2.59 bits per heavy atom. The maximum Gasteiger partial charge on any atom is 0.170 e. The molecule has 4 nitrogen and oxygen atoms in total. The lowest BCUT2D eigenvalue weighted by molar-refractivity contribution is 0.318. The summed E-state index contributed by atoms with van der Waals surface area (Å²) in [5.74, 6) is 0.843. The van der Waals surface area contributed by atoms with Crippen LogP contribution < -0.4 is 11.1 Å². The third kappa shape index (κ3) is 4.44. The Hall–Kier alpha value is -1.55. The van der Waals surface area contributed by atoms with E-state index in [4.69, 9.17) is 10.9 Å². The van der Waals surface area contributed by atoms with Crippen molar-refractivity contribution in [2.75, 3.05) is 6.54 Å². The number of benzene rings is 1. The van der Waals surface area contributed by atoms with E-state index in [0.29, 0.717) is 5.92 Å². The maximum atomic E-state index is 8.54. The summed E-state index contributed by atoms with van der Waals surface area (Å²) < 4.78 is 0. The second-order valence-electron chi connectivity index (χ2n) is 4.33.